The molecule has 1 fully saturated rings. The van der Waals surface area contributed by atoms with E-state index in [1.807, 2.05) is 12.2 Å². The number of ether oxygens (including phenoxy) is 1. The number of rotatable bonds is 3. The summed E-state index contributed by atoms with van der Waals surface area (Å²) < 4.78 is 5.30. The first kappa shape index (κ1) is 18.2. The van der Waals surface area contributed by atoms with Gasteiger partial charge in [0.1, 0.15) is 0 Å². The van der Waals surface area contributed by atoms with E-state index in [0.29, 0.717) is 54.9 Å². The first-order valence-electron chi connectivity index (χ1n) is 8.33. The van der Waals surface area contributed by atoms with Gasteiger partial charge in [0.15, 0.2) is 0 Å². The van der Waals surface area contributed by atoms with Crippen LogP contribution in [-0.2, 0) is 14.3 Å². The van der Waals surface area contributed by atoms with E-state index in [1.54, 1.807) is 23.1 Å². The summed E-state index contributed by atoms with van der Waals surface area (Å²) in [7, 11) is 0. The maximum Gasteiger partial charge on any atom is 0.228 e. The number of hydrogen-bond acceptors (Lipinski definition) is 3. The lowest BCUT2D eigenvalue weighted by Crippen LogP contribution is -2.47. The number of carbonyl (C=O) groups excluding carboxylic acids is 2. The molecule has 2 aliphatic rings. The van der Waals surface area contributed by atoms with Crippen LogP contribution in [0.3, 0.4) is 0 Å². The Morgan fingerprint density at radius 1 is 1.04 bits per heavy atom. The van der Waals surface area contributed by atoms with Gasteiger partial charge in [-0.2, -0.15) is 0 Å². The molecule has 134 valence electrons. The fraction of sp³-hybridized carbons (Fsp3) is 0.444. The number of benzene rings is 1. The van der Waals surface area contributed by atoms with Crippen LogP contribution in [0, 0.1) is 11.8 Å². The first-order valence-corrected chi connectivity index (χ1v) is 9.09. The van der Waals surface area contributed by atoms with Crippen LogP contribution < -0.4 is 5.32 Å². The Labute approximate surface area is 156 Å². The van der Waals surface area contributed by atoms with E-state index < -0.39 is 5.92 Å². The van der Waals surface area contributed by atoms with Gasteiger partial charge in [0.25, 0.3) is 0 Å². The molecule has 1 aliphatic heterocycles. The fourth-order valence-electron chi connectivity index (χ4n) is 3.20. The van der Waals surface area contributed by atoms with E-state index in [1.165, 1.54) is 0 Å². The van der Waals surface area contributed by atoms with Gasteiger partial charge in [-0.3, -0.25) is 9.59 Å². The van der Waals surface area contributed by atoms with Crippen LogP contribution in [-0.4, -0.2) is 43.0 Å². The molecular formula is C18H20Cl2N2O3. The summed E-state index contributed by atoms with van der Waals surface area (Å²) in [5.74, 6) is -0.878. The van der Waals surface area contributed by atoms with E-state index >= 15 is 0 Å². The van der Waals surface area contributed by atoms with Crippen LogP contribution in [0.2, 0.25) is 10.0 Å². The highest BCUT2D eigenvalue weighted by molar-refractivity contribution is 6.42. The third-order valence-electron chi connectivity index (χ3n) is 4.60. The van der Waals surface area contributed by atoms with Gasteiger partial charge in [-0.15, -0.1) is 0 Å². The largest absolute Gasteiger partial charge is 0.378 e. The van der Waals surface area contributed by atoms with Crippen molar-refractivity contribution < 1.29 is 14.3 Å². The molecule has 7 heteroatoms. The highest BCUT2D eigenvalue weighted by atomic mass is 35.5. The topological polar surface area (TPSA) is 58.6 Å². The highest BCUT2D eigenvalue weighted by Gasteiger charge is 2.36. The zero-order valence-electron chi connectivity index (χ0n) is 13.7. The highest BCUT2D eigenvalue weighted by Crippen LogP contribution is 2.30. The van der Waals surface area contributed by atoms with E-state index in [0.717, 1.165) is 0 Å². The van der Waals surface area contributed by atoms with E-state index in [-0.39, 0.29) is 17.7 Å². The molecule has 0 radical (unpaired) electrons. The maximum absolute atomic E-state index is 12.8. The second-order valence-electron chi connectivity index (χ2n) is 6.21. The van der Waals surface area contributed by atoms with E-state index in [4.69, 9.17) is 27.9 Å². The van der Waals surface area contributed by atoms with Crippen molar-refractivity contribution in [3.8, 4) is 0 Å². The summed E-state index contributed by atoms with van der Waals surface area (Å²) >= 11 is 11.9. The van der Waals surface area contributed by atoms with Crippen LogP contribution in [0.25, 0.3) is 0 Å². The van der Waals surface area contributed by atoms with Crippen molar-refractivity contribution in [2.45, 2.75) is 12.8 Å². The molecule has 1 heterocycles. The molecule has 1 aromatic rings. The summed E-state index contributed by atoms with van der Waals surface area (Å²) in [5.41, 5.74) is 0.575. The third kappa shape index (κ3) is 4.35. The van der Waals surface area contributed by atoms with Gasteiger partial charge in [-0.25, -0.2) is 0 Å². The number of morpholine rings is 1. The summed E-state index contributed by atoms with van der Waals surface area (Å²) in [6, 6.07) is 4.94. The van der Waals surface area contributed by atoms with Crippen LogP contribution in [0.4, 0.5) is 5.69 Å². The predicted octanol–water partition coefficient (Wildman–Crippen LogP) is 3.37. The second kappa shape index (κ2) is 8.21. The fourth-order valence-corrected chi connectivity index (χ4v) is 3.50. The molecule has 1 aliphatic carbocycles. The number of hydrogen-bond donors (Lipinski definition) is 1. The van der Waals surface area contributed by atoms with Crippen LogP contribution >= 0.6 is 23.2 Å². The molecule has 5 nitrogen and oxygen atoms in total. The molecule has 0 unspecified atom stereocenters. The molecule has 0 bridgehead atoms. The van der Waals surface area contributed by atoms with Crippen LogP contribution in [0.5, 0.6) is 0 Å². The van der Waals surface area contributed by atoms with Gasteiger partial charge in [0.2, 0.25) is 11.8 Å². The second-order valence-corrected chi connectivity index (χ2v) is 7.03. The summed E-state index contributed by atoms with van der Waals surface area (Å²) in [5, 5.41) is 3.67. The number of carbonyl (C=O) groups is 2. The molecule has 0 saturated carbocycles. The Balaban J connectivity index is 1.71. The third-order valence-corrected chi connectivity index (χ3v) is 5.34. The lowest BCUT2D eigenvalue weighted by atomic mass is 9.81. The summed E-state index contributed by atoms with van der Waals surface area (Å²) in [6.07, 6.45) is 5.07. The number of anilines is 1. The quantitative estimate of drug-likeness (QED) is 0.815. The van der Waals surface area contributed by atoms with Crippen molar-refractivity contribution in [2.75, 3.05) is 31.6 Å². The number of nitrogens with one attached hydrogen (secondary N) is 1. The number of allylic oxidation sites excluding steroid dienone is 2. The van der Waals surface area contributed by atoms with Crippen molar-refractivity contribution in [2.24, 2.45) is 11.8 Å². The Bertz CT molecular complexity index is 687. The average Bonchev–Trinajstić information content (AvgIpc) is 2.65. The molecule has 1 saturated heterocycles. The van der Waals surface area contributed by atoms with Gasteiger partial charge in [-0.1, -0.05) is 35.4 Å². The summed E-state index contributed by atoms with van der Waals surface area (Å²) in [6.45, 7) is 2.27. The monoisotopic (exact) mass is 382 g/mol. The zero-order valence-corrected chi connectivity index (χ0v) is 15.2. The number of amides is 2. The minimum absolute atomic E-state index is 0.0296. The molecule has 2 atom stereocenters. The normalized spacial score (nSPS) is 23.4. The molecular weight excluding hydrogens is 363 g/mol. The van der Waals surface area contributed by atoms with E-state index in [2.05, 4.69) is 5.32 Å². The van der Waals surface area contributed by atoms with Crippen molar-refractivity contribution in [1.29, 1.82) is 0 Å². The minimum Gasteiger partial charge on any atom is -0.378 e. The van der Waals surface area contributed by atoms with Gasteiger partial charge in [-0.05, 0) is 31.0 Å². The van der Waals surface area contributed by atoms with Gasteiger partial charge >= 0.3 is 0 Å². The molecule has 1 N–H and O–H groups in total. The Hall–Kier alpha value is -1.56. The molecule has 0 aromatic heterocycles. The Morgan fingerprint density at radius 2 is 1.72 bits per heavy atom. The lowest BCUT2D eigenvalue weighted by molar-refractivity contribution is -0.144. The van der Waals surface area contributed by atoms with E-state index in [9.17, 15) is 9.59 Å². The van der Waals surface area contributed by atoms with Crippen LogP contribution in [0.15, 0.2) is 30.4 Å². The Kier molecular flexibility index (Phi) is 5.99. The van der Waals surface area contributed by atoms with Crippen molar-refractivity contribution >= 4 is 40.7 Å². The molecule has 3 rings (SSSR count). The van der Waals surface area contributed by atoms with Gasteiger partial charge < -0.3 is 15.0 Å². The standard InChI is InChI=1S/C18H20Cl2N2O3/c19-15-6-5-12(11-16(15)20)21-17(23)13-3-1-2-4-14(13)18(24)22-7-9-25-10-8-22/h1-2,5-6,11,13-14H,3-4,7-10H2,(H,21,23)/t13-,14-/m1/s1. The zero-order chi connectivity index (χ0) is 17.8. The smallest absolute Gasteiger partial charge is 0.228 e. The predicted molar refractivity (Wildman–Crippen MR) is 97.8 cm³/mol. The number of nitrogens with zero attached hydrogens (tertiary/aromatic N) is 1. The average molecular weight is 383 g/mol. The first-order chi connectivity index (χ1) is 12.1. The number of halogens is 2. The molecule has 2 amide bonds. The Morgan fingerprint density at radius 3 is 2.40 bits per heavy atom. The van der Waals surface area contributed by atoms with Crippen molar-refractivity contribution in [3.63, 3.8) is 0 Å². The summed E-state index contributed by atoms with van der Waals surface area (Å²) in [4.78, 5) is 27.4. The SMILES string of the molecule is O=C(Nc1ccc(Cl)c(Cl)c1)[C@@H]1CC=CC[C@H]1C(=O)N1CCOCC1. The minimum atomic E-state index is -0.394. The maximum atomic E-state index is 12.8. The molecule has 1 aromatic carbocycles. The van der Waals surface area contributed by atoms with Crippen LogP contribution in [0.1, 0.15) is 12.8 Å². The van der Waals surface area contributed by atoms with Crippen molar-refractivity contribution in [3.05, 3.63) is 40.4 Å². The molecule has 25 heavy (non-hydrogen) atoms. The van der Waals surface area contributed by atoms with Crippen molar-refractivity contribution in [1.82, 2.24) is 4.90 Å². The molecule has 0 spiro atoms. The van der Waals surface area contributed by atoms with Gasteiger partial charge in [0.05, 0.1) is 35.1 Å². The lowest BCUT2D eigenvalue weighted by Gasteiger charge is -2.34. The van der Waals surface area contributed by atoms with Gasteiger partial charge in [0, 0.05) is 18.8 Å².